The topological polar surface area (TPSA) is 44.4 Å². The second kappa shape index (κ2) is 6.85. The molecule has 0 aromatic heterocycles. The lowest BCUT2D eigenvalue weighted by atomic mass is 9.96. The summed E-state index contributed by atoms with van der Waals surface area (Å²) in [7, 11) is 0. The van der Waals surface area contributed by atoms with Crippen molar-refractivity contribution in [3.05, 3.63) is 35.9 Å². The molecule has 2 bridgehead atoms. The maximum Gasteiger partial charge on any atom is 0.315 e. The van der Waals surface area contributed by atoms with Gasteiger partial charge in [0, 0.05) is 24.7 Å². The van der Waals surface area contributed by atoms with Crippen LogP contribution in [-0.4, -0.2) is 35.6 Å². The molecule has 2 amide bonds. The van der Waals surface area contributed by atoms with Crippen molar-refractivity contribution in [3.63, 3.8) is 0 Å². The number of carbonyl (C=O) groups is 1. The first kappa shape index (κ1) is 14.9. The van der Waals surface area contributed by atoms with Crippen LogP contribution in [0.1, 0.15) is 31.2 Å². The summed E-state index contributed by atoms with van der Waals surface area (Å²) in [5.41, 5.74) is 1.37. The van der Waals surface area contributed by atoms with E-state index in [1.807, 2.05) is 0 Å². The lowest BCUT2D eigenvalue weighted by molar-refractivity contribution is 0.111. The molecule has 2 saturated heterocycles. The second-order valence-electron chi connectivity index (χ2n) is 6.24. The van der Waals surface area contributed by atoms with E-state index >= 15 is 0 Å². The van der Waals surface area contributed by atoms with Gasteiger partial charge < -0.3 is 10.6 Å². The highest BCUT2D eigenvalue weighted by Crippen LogP contribution is 2.36. The fourth-order valence-corrected chi connectivity index (χ4v) is 3.81. The highest BCUT2D eigenvalue weighted by Gasteiger charge is 2.40. The number of piperidine rings is 1. The van der Waals surface area contributed by atoms with E-state index in [2.05, 4.69) is 51.8 Å². The molecule has 116 valence electrons. The third-order valence-corrected chi connectivity index (χ3v) is 4.78. The van der Waals surface area contributed by atoms with Crippen molar-refractivity contribution in [1.29, 1.82) is 0 Å². The van der Waals surface area contributed by atoms with E-state index in [0.717, 1.165) is 19.4 Å². The van der Waals surface area contributed by atoms with Crippen molar-refractivity contribution in [2.75, 3.05) is 6.54 Å². The molecule has 2 fully saturated rings. The minimum absolute atomic E-state index is 0.140. The number of nitrogens with one attached hydrogen (secondary N) is 2. The predicted octanol–water partition coefficient (Wildman–Crippen LogP) is 2.11. The SMILES string of the molecule is C#CCNC(=O)NC1C[C@H]2CC[C@@H](C1)N2Cc1ccccc1. The predicted molar refractivity (Wildman–Crippen MR) is 87.2 cm³/mol. The number of hydrogen-bond acceptors (Lipinski definition) is 2. The Hall–Kier alpha value is -1.99. The summed E-state index contributed by atoms with van der Waals surface area (Å²) in [5.74, 6) is 2.42. The molecule has 4 nitrogen and oxygen atoms in total. The third kappa shape index (κ3) is 3.42. The van der Waals surface area contributed by atoms with Crippen LogP contribution in [0.25, 0.3) is 0 Å². The highest BCUT2D eigenvalue weighted by atomic mass is 16.2. The Labute approximate surface area is 132 Å². The molecule has 3 atom stereocenters. The van der Waals surface area contributed by atoms with Gasteiger partial charge >= 0.3 is 6.03 Å². The fourth-order valence-electron chi connectivity index (χ4n) is 3.81. The number of carbonyl (C=O) groups excluding carboxylic acids is 1. The van der Waals surface area contributed by atoms with Crippen molar-refractivity contribution in [1.82, 2.24) is 15.5 Å². The molecule has 4 heteroatoms. The van der Waals surface area contributed by atoms with E-state index < -0.39 is 0 Å². The summed E-state index contributed by atoms with van der Waals surface area (Å²) in [4.78, 5) is 14.4. The van der Waals surface area contributed by atoms with E-state index in [1.165, 1.54) is 18.4 Å². The molecule has 3 rings (SSSR count). The van der Waals surface area contributed by atoms with Crippen LogP contribution < -0.4 is 10.6 Å². The quantitative estimate of drug-likeness (QED) is 0.836. The molecule has 0 aliphatic carbocycles. The van der Waals surface area contributed by atoms with Crippen LogP contribution >= 0.6 is 0 Å². The maximum absolute atomic E-state index is 11.7. The van der Waals surface area contributed by atoms with Gasteiger partial charge in [0.05, 0.1) is 6.54 Å². The third-order valence-electron chi connectivity index (χ3n) is 4.78. The molecular weight excluding hydrogens is 274 g/mol. The first-order valence-electron chi connectivity index (χ1n) is 8.03. The van der Waals surface area contributed by atoms with Gasteiger partial charge in [0.2, 0.25) is 0 Å². The zero-order valence-corrected chi connectivity index (χ0v) is 12.8. The number of hydrogen-bond donors (Lipinski definition) is 2. The lowest BCUT2D eigenvalue weighted by Crippen LogP contribution is -2.51. The van der Waals surface area contributed by atoms with Gasteiger partial charge in [0.1, 0.15) is 0 Å². The van der Waals surface area contributed by atoms with E-state index in [0.29, 0.717) is 12.1 Å². The largest absolute Gasteiger partial charge is 0.335 e. The Balaban J connectivity index is 1.55. The fraction of sp³-hybridized carbons (Fsp3) is 0.500. The van der Waals surface area contributed by atoms with Crippen LogP contribution in [0, 0.1) is 12.3 Å². The van der Waals surface area contributed by atoms with E-state index in [9.17, 15) is 4.79 Å². The van der Waals surface area contributed by atoms with Crippen molar-refractivity contribution >= 4 is 6.03 Å². The molecule has 2 N–H and O–H groups in total. The molecule has 2 heterocycles. The molecule has 0 saturated carbocycles. The van der Waals surface area contributed by atoms with Gasteiger partial charge in [0.25, 0.3) is 0 Å². The zero-order chi connectivity index (χ0) is 15.4. The summed E-state index contributed by atoms with van der Waals surface area (Å²) < 4.78 is 0. The molecule has 2 aliphatic heterocycles. The monoisotopic (exact) mass is 297 g/mol. The molecule has 1 aromatic carbocycles. The lowest BCUT2D eigenvalue weighted by Gasteiger charge is -2.39. The summed E-state index contributed by atoms with van der Waals surface area (Å²) >= 11 is 0. The molecular formula is C18H23N3O. The number of fused-ring (bicyclic) bond motifs is 2. The number of urea groups is 1. The number of amides is 2. The van der Waals surface area contributed by atoms with Gasteiger partial charge in [-0.05, 0) is 31.2 Å². The van der Waals surface area contributed by atoms with Crippen LogP contribution in [0.5, 0.6) is 0 Å². The Morgan fingerprint density at radius 2 is 1.91 bits per heavy atom. The van der Waals surface area contributed by atoms with Gasteiger partial charge in [-0.15, -0.1) is 6.42 Å². The van der Waals surface area contributed by atoms with Gasteiger partial charge in [-0.3, -0.25) is 4.90 Å². The highest BCUT2D eigenvalue weighted by molar-refractivity contribution is 5.74. The molecule has 1 aromatic rings. The summed E-state index contributed by atoms with van der Waals surface area (Å²) in [6.07, 6.45) is 9.70. The summed E-state index contributed by atoms with van der Waals surface area (Å²) in [6.45, 7) is 1.30. The Morgan fingerprint density at radius 3 is 2.55 bits per heavy atom. The van der Waals surface area contributed by atoms with E-state index in [4.69, 9.17) is 6.42 Å². The Bertz CT molecular complexity index is 537. The van der Waals surface area contributed by atoms with Gasteiger partial charge in [-0.1, -0.05) is 36.3 Å². The van der Waals surface area contributed by atoms with Crippen molar-refractivity contribution in [3.8, 4) is 12.3 Å². The minimum Gasteiger partial charge on any atom is -0.335 e. The maximum atomic E-state index is 11.7. The van der Waals surface area contributed by atoms with Gasteiger partial charge in [-0.25, -0.2) is 4.79 Å². The van der Waals surface area contributed by atoms with Crippen LogP contribution in [0.2, 0.25) is 0 Å². The number of rotatable bonds is 4. The average Bonchev–Trinajstić information content (AvgIpc) is 2.76. The molecule has 1 unspecified atom stereocenters. The van der Waals surface area contributed by atoms with Crippen LogP contribution in [0.4, 0.5) is 4.79 Å². The molecule has 2 aliphatic rings. The molecule has 22 heavy (non-hydrogen) atoms. The van der Waals surface area contributed by atoms with Crippen molar-refractivity contribution in [2.45, 2.75) is 50.4 Å². The second-order valence-corrected chi connectivity index (χ2v) is 6.24. The van der Waals surface area contributed by atoms with E-state index in [-0.39, 0.29) is 18.6 Å². The number of nitrogens with zero attached hydrogens (tertiary/aromatic N) is 1. The van der Waals surface area contributed by atoms with Crippen LogP contribution in [-0.2, 0) is 6.54 Å². The minimum atomic E-state index is -0.140. The number of benzene rings is 1. The van der Waals surface area contributed by atoms with Crippen LogP contribution in [0.3, 0.4) is 0 Å². The standard InChI is InChI=1S/C18H23N3O/c1-2-10-19-18(22)20-15-11-16-8-9-17(12-15)21(16)13-14-6-4-3-5-7-14/h1,3-7,15-17H,8-13H2,(H2,19,20,22)/t15?,16-,17+. The van der Waals surface area contributed by atoms with Crippen LogP contribution in [0.15, 0.2) is 30.3 Å². The van der Waals surface area contributed by atoms with Crippen molar-refractivity contribution in [2.24, 2.45) is 0 Å². The normalized spacial score (nSPS) is 27.1. The molecule has 0 radical (unpaired) electrons. The van der Waals surface area contributed by atoms with Gasteiger partial charge in [0.15, 0.2) is 0 Å². The average molecular weight is 297 g/mol. The Kier molecular flexibility index (Phi) is 4.65. The van der Waals surface area contributed by atoms with Crippen molar-refractivity contribution < 1.29 is 4.79 Å². The van der Waals surface area contributed by atoms with Gasteiger partial charge in [-0.2, -0.15) is 0 Å². The first-order chi connectivity index (χ1) is 10.8. The zero-order valence-electron chi connectivity index (χ0n) is 12.8. The number of terminal acetylenes is 1. The summed E-state index contributed by atoms with van der Waals surface area (Å²) in [5, 5.41) is 5.75. The first-order valence-corrected chi connectivity index (χ1v) is 8.03. The summed E-state index contributed by atoms with van der Waals surface area (Å²) in [6, 6.07) is 11.9. The Morgan fingerprint density at radius 1 is 1.23 bits per heavy atom. The molecule has 0 spiro atoms. The smallest absolute Gasteiger partial charge is 0.315 e. The van der Waals surface area contributed by atoms with E-state index in [1.54, 1.807) is 0 Å².